The van der Waals surface area contributed by atoms with E-state index in [-0.39, 0.29) is 35.7 Å². The third-order valence-electron chi connectivity index (χ3n) is 11.0. The number of anilines is 1. The molecule has 3 aliphatic heterocycles. The number of carbonyl (C=O) groups is 3. The zero-order valence-corrected chi connectivity index (χ0v) is 31.4. The van der Waals surface area contributed by atoms with Crippen molar-refractivity contribution in [2.45, 2.75) is 56.8 Å². The van der Waals surface area contributed by atoms with Crippen molar-refractivity contribution in [3.8, 4) is 33.4 Å². The quantitative estimate of drug-likeness (QED) is 0.157. The van der Waals surface area contributed by atoms with Gasteiger partial charge in [-0.3, -0.25) is 19.3 Å². The molecular formula is C42H38BrN3O6S. The van der Waals surface area contributed by atoms with E-state index < -0.39 is 6.04 Å². The Labute approximate surface area is 319 Å². The highest BCUT2D eigenvalue weighted by atomic mass is 79.9. The number of carbonyl (C=O) groups excluding carboxylic acids is 3. The third kappa shape index (κ3) is 6.70. The molecule has 4 aromatic carbocycles. The van der Waals surface area contributed by atoms with Crippen LogP contribution in [0.2, 0.25) is 0 Å². The topological polar surface area (TPSA) is 99.6 Å². The van der Waals surface area contributed by atoms with E-state index in [0.717, 1.165) is 92.5 Å². The van der Waals surface area contributed by atoms with Gasteiger partial charge in [-0.25, -0.2) is 0 Å². The second-order valence-corrected chi connectivity index (χ2v) is 16.4. The Morgan fingerprint density at radius 2 is 1.58 bits per heavy atom. The van der Waals surface area contributed by atoms with Crippen LogP contribution in [-0.4, -0.2) is 76.7 Å². The summed E-state index contributed by atoms with van der Waals surface area (Å²) in [5, 5.41) is 11.1. The van der Waals surface area contributed by atoms with E-state index in [1.165, 1.54) is 0 Å². The molecular weight excluding hydrogens is 754 g/mol. The van der Waals surface area contributed by atoms with Gasteiger partial charge in [-0.1, -0.05) is 28.1 Å². The highest BCUT2D eigenvalue weighted by molar-refractivity contribution is 9.10. The van der Waals surface area contributed by atoms with Gasteiger partial charge in [0.15, 0.2) is 11.5 Å². The van der Waals surface area contributed by atoms with Crippen LogP contribution in [-0.2, 0) is 16.1 Å². The third-order valence-corrected chi connectivity index (χ3v) is 12.7. The average Bonchev–Trinajstić information content (AvgIpc) is 3.65. The predicted molar refractivity (Wildman–Crippen MR) is 208 cm³/mol. The summed E-state index contributed by atoms with van der Waals surface area (Å²) in [6.07, 6.45) is 2.80. The second-order valence-electron chi connectivity index (χ2n) is 14.4. The fourth-order valence-corrected chi connectivity index (χ4v) is 9.51. The minimum atomic E-state index is -0.489. The number of piperidine rings is 1. The molecule has 0 radical (unpaired) electrons. The van der Waals surface area contributed by atoms with Crippen molar-refractivity contribution in [3.63, 3.8) is 0 Å². The number of rotatable bonds is 8. The number of amides is 1. The normalized spacial score (nSPS) is 19.9. The number of hydrogen-bond acceptors (Lipinski definition) is 9. The molecule has 270 valence electrons. The maximum absolute atomic E-state index is 13.1. The predicted octanol–water partition coefficient (Wildman–Crippen LogP) is 8.21. The van der Waals surface area contributed by atoms with Gasteiger partial charge in [0.2, 0.25) is 0 Å². The lowest BCUT2D eigenvalue weighted by Crippen LogP contribution is -2.61. The molecule has 4 heterocycles. The Hall–Kier alpha value is -4.71. The molecule has 9 nitrogen and oxygen atoms in total. The number of halogens is 1. The summed E-state index contributed by atoms with van der Waals surface area (Å²) in [6.45, 7) is 4.28. The highest BCUT2D eigenvalue weighted by Crippen LogP contribution is 2.47. The zero-order chi connectivity index (χ0) is 36.2. The van der Waals surface area contributed by atoms with Gasteiger partial charge in [-0.05, 0) is 103 Å². The van der Waals surface area contributed by atoms with E-state index >= 15 is 0 Å². The van der Waals surface area contributed by atoms with Crippen LogP contribution in [0.1, 0.15) is 48.0 Å². The van der Waals surface area contributed by atoms with Gasteiger partial charge in [0.1, 0.15) is 29.1 Å². The molecule has 53 heavy (non-hydrogen) atoms. The zero-order valence-electron chi connectivity index (χ0n) is 29.0. The number of ketones is 2. The van der Waals surface area contributed by atoms with E-state index in [2.05, 4.69) is 43.9 Å². The van der Waals surface area contributed by atoms with E-state index in [1.807, 2.05) is 54.6 Å². The van der Waals surface area contributed by atoms with E-state index in [1.54, 1.807) is 28.4 Å². The molecule has 1 saturated carbocycles. The lowest BCUT2D eigenvalue weighted by Gasteiger charge is -2.48. The summed E-state index contributed by atoms with van der Waals surface area (Å²) < 4.78 is 14.9. The summed E-state index contributed by atoms with van der Waals surface area (Å²) >= 11 is 5.12. The smallest absolute Gasteiger partial charge is 0.255 e. The van der Waals surface area contributed by atoms with Gasteiger partial charge < -0.3 is 24.4 Å². The minimum absolute atomic E-state index is 0.0293. The van der Waals surface area contributed by atoms with Crippen molar-refractivity contribution in [3.05, 3.63) is 101 Å². The Morgan fingerprint density at radius 3 is 2.34 bits per heavy atom. The van der Waals surface area contributed by atoms with Crippen LogP contribution in [0.15, 0.2) is 89.4 Å². The number of likely N-dealkylation sites (tertiary alicyclic amines) is 1. The molecule has 1 aliphatic carbocycles. The molecule has 11 heteroatoms. The summed E-state index contributed by atoms with van der Waals surface area (Å²) in [6, 6.07) is 27.4. The highest BCUT2D eigenvalue weighted by Gasteiger charge is 2.40. The molecule has 4 aliphatic rings. The molecule has 2 saturated heterocycles. The molecule has 5 aromatic rings. The first-order chi connectivity index (χ1) is 25.8. The van der Waals surface area contributed by atoms with Crippen LogP contribution in [0.3, 0.4) is 0 Å². The largest absolute Gasteiger partial charge is 0.508 e. The number of ether oxygens (including phenoxy) is 2. The molecule has 1 amide bonds. The fourth-order valence-electron chi connectivity index (χ4n) is 8.07. The fraction of sp³-hybridized carbons (Fsp3) is 0.310. The number of phenolic OH excluding ortho intramolecular Hbond substituents is 1. The Kier molecular flexibility index (Phi) is 8.96. The number of benzene rings is 4. The van der Waals surface area contributed by atoms with Crippen LogP contribution >= 0.6 is 27.3 Å². The number of thiophene rings is 1. The summed E-state index contributed by atoms with van der Waals surface area (Å²) in [5.74, 6) is 2.28. The van der Waals surface area contributed by atoms with Crippen molar-refractivity contribution in [2.24, 2.45) is 0 Å². The molecule has 1 aromatic heterocycles. The minimum Gasteiger partial charge on any atom is -0.508 e. The van der Waals surface area contributed by atoms with Crippen LogP contribution in [0.25, 0.3) is 20.5 Å². The summed E-state index contributed by atoms with van der Waals surface area (Å²) in [7, 11) is 0. The van der Waals surface area contributed by atoms with Crippen LogP contribution < -0.4 is 14.4 Å². The van der Waals surface area contributed by atoms with Crippen LogP contribution in [0.4, 0.5) is 5.69 Å². The molecule has 1 N–H and O–H groups in total. The number of hydrogen-bond donors (Lipinski definition) is 1. The van der Waals surface area contributed by atoms with Gasteiger partial charge in [0, 0.05) is 71.0 Å². The first-order valence-electron chi connectivity index (χ1n) is 18.2. The monoisotopic (exact) mass is 791 g/mol. The molecule has 3 fully saturated rings. The SMILES string of the molecule is O=C1CCC(N2Cc3cc(N4CC(N5CCC(Oc6ccc(Oc7c(-c8ccc(Br)cc8)sc8cc(O)ccc78)cc6)CC5)C4)ccc3C2=O)C(=O)C1. The molecule has 0 bridgehead atoms. The second kappa shape index (κ2) is 13.9. The van der Waals surface area contributed by atoms with Crippen molar-refractivity contribution >= 4 is 60.5 Å². The van der Waals surface area contributed by atoms with E-state index in [4.69, 9.17) is 9.47 Å². The first kappa shape index (κ1) is 34.1. The Bertz CT molecular complexity index is 2220. The van der Waals surface area contributed by atoms with Gasteiger partial charge in [-0.15, -0.1) is 11.3 Å². The number of fused-ring (bicyclic) bond motifs is 2. The molecule has 1 atom stereocenters. The van der Waals surface area contributed by atoms with Crippen molar-refractivity contribution in [1.29, 1.82) is 0 Å². The van der Waals surface area contributed by atoms with Crippen molar-refractivity contribution < 1.29 is 29.0 Å². The van der Waals surface area contributed by atoms with E-state index in [9.17, 15) is 19.5 Å². The maximum atomic E-state index is 13.1. The number of nitrogens with zero attached hydrogens (tertiary/aromatic N) is 3. The molecule has 9 rings (SSSR count). The van der Waals surface area contributed by atoms with Crippen molar-refractivity contribution in [2.75, 3.05) is 31.1 Å². The number of Topliss-reactive ketones (excluding diaryl/α,β-unsaturated/α-hetero) is 2. The lowest BCUT2D eigenvalue weighted by atomic mass is 9.92. The van der Waals surface area contributed by atoms with Gasteiger partial charge in [0.25, 0.3) is 5.91 Å². The number of phenols is 1. The van der Waals surface area contributed by atoms with Gasteiger partial charge in [-0.2, -0.15) is 0 Å². The first-order valence-corrected chi connectivity index (χ1v) is 19.8. The van der Waals surface area contributed by atoms with Crippen LogP contribution in [0.5, 0.6) is 23.0 Å². The van der Waals surface area contributed by atoms with E-state index in [0.29, 0.717) is 31.0 Å². The van der Waals surface area contributed by atoms with Crippen LogP contribution in [0, 0.1) is 0 Å². The maximum Gasteiger partial charge on any atom is 0.255 e. The molecule has 0 spiro atoms. The summed E-state index contributed by atoms with van der Waals surface area (Å²) in [5.41, 5.74) is 3.79. The molecule has 1 unspecified atom stereocenters. The Balaban J connectivity index is 0.777. The lowest BCUT2D eigenvalue weighted by molar-refractivity contribution is -0.133. The average molecular weight is 793 g/mol. The number of aromatic hydroxyl groups is 1. The Morgan fingerprint density at radius 1 is 0.830 bits per heavy atom. The van der Waals surface area contributed by atoms with Gasteiger partial charge >= 0.3 is 0 Å². The summed E-state index contributed by atoms with van der Waals surface area (Å²) in [4.78, 5) is 44.9. The standard InChI is InChI=1S/C42H38BrN3O6S/c43-27-3-1-25(2-4-27)41-40(36-13-6-31(48)21-39(36)53-41)52-33-10-8-32(9-11-33)51-34-15-17-44(18-16-34)29-23-45(24-29)28-5-12-35-26(19-28)22-46(42(35)50)37-14-7-30(47)20-38(37)49/h1-6,8-13,19,21,29,34,37,48H,7,14-18,20,22-24H2. The van der Waals surface area contributed by atoms with Crippen molar-refractivity contribution in [1.82, 2.24) is 9.80 Å². The van der Waals surface area contributed by atoms with Gasteiger partial charge in [0.05, 0.1) is 17.3 Å².